The number of methoxy groups -OCH3 is 1. The highest BCUT2D eigenvalue weighted by atomic mass is 16.5. The average molecular weight is 280 g/mol. The molecule has 4 nitrogen and oxygen atoms in total. The summed E-state index contributed by atoms with van der Waals surface area (Å²) in [5, 5.41) is 8.94. The summed E-state index contributed by atoms with van der Waals surface area (Å²) in [5.41, 5.74) is 2.67. The van der Waals surface area contributed by atoms with Crippen LogP contribution >= 0.6 is 0 Å². The van der Waals surface area contributed by atoms with E-state index in [0.717, 1.165) is 5.56 Å². The van der Waals surface area contributed by atoms with Crippen molar-refractivity contribution in [1.29, 1.82) is 5.26 Å². The first-order valence-corrected chi connectivity index (χ1v) is 6.49. The van der Waals surface area contributed by atoms with E-state index in [-0.39, 0.29) is 5.91 Å². The van der Waals surface area contributed by atoms with Gasteiger partial charge in [-0.15, -0.1) is 0 Å². The van der Waals surface area contributed by atoms with Crippen molar-refractivity contribution in [2.24, 2.45) is 0 Å². The molecule has 0 radical (unpaired) electrons. The predicted molar refractivity (Wildman–Crippen MR) is 81.6 cm³/mol. The maximum atomic E-state index is 12.6. The number of rotatable bonds is 3. The predicted octanol–water partition coefficient (Wildman–Crippen LogP) is 3.15. The number of nitrogens with zero attached hydrogens (tertiary/aromatic N) is 2. The topological polar surface area (TPSA) is 53.3 Å². The Hall–Kier alpha value is -2.80. The Labute approximate surface area is 124 Å². The van der Waals surface area contributed by atoms with Crippen LogP contribution in [0, 0.1) is 18.3 Å². The lowest BCUT2D eigenvalue weighted by atomic mass is 10.1. The van der Waals surface area contributed by atoms with Crippen LogP contribution in [0.25, 0.3) is 0 Å². The molecule has 0 N–H and O–H groups in total. The number of anilines is 1. The first-order chi connectivity index (χ1) is 10.1. The van der Waals surface area contributed by atoms with Gasteiger partial charge in [0, 0.05) is 12.7 Å². The van der Waals surface area contributed by atoms with E-state index in [9.17, 15) is 4.79 Å². The van der Waals surface area contributed by atoms with Gasteiger partial charge in [-0.25, -0.2) is 0 Å². The van der Waals surface area contributed by atoms with Crippen LogP contribution < -0.4 is 9.64 Å². The van der Waals surface area contributed by atoms with E-state index >= 15 is 0 Å². The molecule has 0 aliphatic heterocycles. The molecule has 1 amide bonds. The third-order valence-electron chi connectivity index (χ3n) is 3.25. The van der Waals surface area contributed by atoms with Crippen molar-refractivity contribution >= 4 is 11.6 Å². The van der Waals surface area contributed by atoms with Gasteiger partial charge in [-0.05, 0) is 37.3 Å². The van der Waals surface area contributed by atoms with Crippen LogP contribution in [0.1, 0.15) is 21.5 Å². The van der Waals surface area contributed by atoms with Crippen molar-refractivity contribution in [3.8, 4) is 11.8 Å². The van der Waals surface area contributed by atoms with E-state index in [1.165, 1.54) is 12.0 Å². The number of hydrogen-bond acceptors (Lipinski definition) is 3. The SMILES string of the molecule is COc1ccc(C)cc1C(=O)N(C)c1cccc(C#N)c1. The van der Waals surface area contributed by atoms with E-state index < -0.39 is 0 Å². The zero-order chi connectivity index (χ0) is 15.4. The maximum Gasteiger partial charge on any atom is 0.261 e. The number of carbonyl (C=O) groups is 1. The Kier molecular flexibility index (Phi) is 4.24. The summed E-state index contributed by atoms with van der Waals surface area (Å²) in [4.78, 5) is 14.2. The molecule has 4 heteroatoms. The molecule has 0 aromatic heterocycles. The number of benzene rings is 2. The molecule has 106 valence electrons. The van der Waals surface area contributed by atoms with Gasteiger partial charge < -0.3 is 9.64 Å². The fourth-order valence-electron chi connectivity index (χ4n) is 2.07. The van der Waals surface area contributed by atoms with Crippen molar-refractivity contribution in [2.75, 3.05) is 19.1 Å². The summed E-state index contributed by atoms with van der Waals surface area (Å²) in [7, 11) is 3.22. The molecule has 0 saturated carbocycles. The second kappa shape index (κ2) is 6.10. The number of amides is 1. The quantitative estimate of drug-likeness (QED) is 0.867. The molecule has 0 fully saturated rings. The molecule has 0 bridgehead atoms. The second-order valence-corrected chi connectivity index (χ2v) is 4.73. The highest BCUT2D eigenvalue weighted by Crippen LogP contribution is 2.24. The van der Waals surface area contributed by atoms with Gasteiger partial charge in [-0.2, -0.15) is 5.26 Å². The Morgan fingerprint density at radius 1 is 1.24 bits per heavy atom. The molecular formula is C17H16N2O2. The zero-order valence-corrected chi connectivity index (χ0v) is 12.3. The van der Waals surface area contributed by atoms with Crippen LogP contribution in [0.3, 0.4) is 0 Å². The summed E-state index contributed by atoms with van der Waals surface area (Å²) in [6.07, 6.45) is 0. The molecule has 0 saturated heterocycles. The average Bonchev–Trinajstić information content (AvgIpc) is 2.53. The molecule has 0 aliphatic carbocycles. The van der Waals surface area contributed by atoms with E-state index in [4.69, 9.17) is 10.00 Å². The zero-order valence-electron chi connectivity index (χ0n) is 12.3. The molecular weight excluding hydrogens is 264 g/mol. The van der Waals surface area contributed by atoms with Crippen LogP contribution in [0.15, 0.2) is 42.5 Å². The van der Waals surface area contributed by atoms with E-state index in [2.05, 4.69) is 6.07 Å². The van der Waals surface area contributed by atoms with Crippen molar-refractivity contribution in [1.82, 2.24) is 0 Å². The molecule has 0 unspecified atom stereocenters. The Morgan fingerprint density at radius 3 is 2.67 bits per heavy atom. The molecule has 2 aromatic carbocycles. The number of aryl methyl sites for hydroxylation is 1. The molecule has 0 spiro atoms. The Morgan fingerprint density at radius 2 is 2.00 bits per heavy atom. The minimum Gasteiger partial charge on any atom is -0.496 e. The molecule has 0 atom stereocenters. The Bertz CT molecular complexity index is 717. The summed E-state index contributed by atoms with van der Waals surface area (Å²) in [6.45, 7) is 1.92. The minimum atomic E-state index is -0.175. The van der Waals surface area contributed by atoms with Crippen LogP contribution in [0.2, 0.25) is 0 Å². The maximum absolute atomic E-state index is 12.6. The number of hydrogen-bond donors (Lipinski definition) is 0. The first kappa shape index (κ1) is 14.6. The number of ether oxygens (including phenoxy) is 1. The fraction of sp³-hybridized carbons (Fsp3) is 0.176. The van der Waals surface area contributed by atoms with Crippen LogP contribution in [0.4, 0.5) is 5.69 Å². The minimum absolute atomic E-state index is 0.175. The van der Waals surface area contributed by atoms with Gasteiger partial charge in [0.15, 0.2) is 0 Å². The summed E-state index contributed by atoms with van der Waals surface area (Å²) in [6, 6.07) is 14.5. The smallest absolute Gasteiger partial charge is 0.261 e. The fourth-order valence-corrected chi connectivity index (χ4v) is 2.07. The lowest BCUT2D eigenvalue weighted by Gasteiger charge is -2.19. The van der Waals surface area contributed by atoms with Gasteiger partial charge in [0.1, 0.15) is 5.75 Å². The monoisotopic (exact) mass is 280 g/mol. The van der Waals surface area contributed by atoms with Gasteiger partial charge in [-0.3, -0.25) is 4.79 Å². The first-order valence-electron chi connectivity index (χ1n) is 6.49. The molecule has 0 aliphatic rings. The second-order valence-electron chi connectivity index (χ2n) is 4.73. The standard InChI is InChI=1S/C17H16N2O2/c1-12-7-8-16(21-3)15(9-12)17(20)19(2)14-6-4-5-13(10-14)11-18/h4-10H,1-3H3. The summed E-state index contributed by atoms with van der Waals surface area (Å²) < 4.78 is 5.25. The van der Waals surface area contributed by atoms with Gasteiger partial charge in [0.05, 0.1) is 24.3 Å². The third kappa shape index (κ3) is 3.03. The van der Waals surface area contributed by atoms with Gasteiger partial charge in [-0.1, -0.05) is 17.7 Å². The summed E-state index contributed by atoms with van der Waals surface area (Å²) in [5.74, 6) is 0.361. The molecule has 21 heavy (non-hydrogen) atoms. The largest absolute Gasteiger partial charge is 0.496 e. The van der Waals surface area contributed by atoms with Gasteiger partial charge in [0.2, 0.25) is 0 Å². The van der Waals surface area contributed by atoms with E-state index in [0.29, 0.717) is 22.6 Å². The highest BCUT2D eigenvalue weighted by Gasteiger charge is 2.18. The van der Waals surface area contributed by atoms with Crippen LogP contribution in [-0.4, -0.2) is 20.1 Å². The van der Waals surface area contributed by atoms with E-state index in [1.54, 1.807) is 43.4 Å². The lowest BCUT2D eigenvalue weighted by Crippen LogP contribution is -2.26. The van der Waals surface area contributed by atoms with Crippen molar-refractivity contribution in [3.05, 3.63) is 59.2 Å². The normalized spacial score (nSPS) is 9.81. The van der Waals surface area contributed by atoms with Crippen molar-refractivity contribution < 1.29 is 9.53 Å². The summed E-state index contributed by atoms with van der Waals surface area (Å²) >= 11 is 0. The van der Waals surface area contributed by atoms with Gasteiger partial charge >= 0.3 is 0 Å². The van der Waals surface area contributed by atoms with Crippen LogP contribution in [-0.2, 0) is 0 Å². The molecule has 2 rings (SSSR count). The third-order valence-corrected chi connectivity index (χ3v) is 3.25. The molecule has 2 aromatic rings. The van der Waals surface area contributed by atoms with Crippen molar-refractivity contribution in [3.63, 3.8) is 0 Å². The van der Waals surface area contributed by atoms with Crippen molar-refractivity contribution in [2.45, 2.75) is 6.92 Å². The lowest BCUT2D eigenvalue weighted by molar-refractivity contribution is 0.0990. The molecule has 0 heterocycles. The number of carbonyl (C=O) groups excluding carboxylic acids is 1. The van der Waals surface area contributed by atoms with Gasteiger partial charge in [0.25, 0.3) is 5.91 Å². The highest BCUT2D eigenvalue weighted by molar-refractivity contribution is 6.07. The Balaban J connectivity index is 2.39. The van der Waals surface area contributed by atoms with E-state index in [1.807, 2.05) is 13.0 Å². The number of nitriles is 1. The van der Waals surface area contributed by atoms with Crippen LogP contribution in [0.5, 0.6) is 5.75 Å².